The van der Waals surface area contributed by atoms with E-state index in [-0.39, 0.29) is 11.4 Å². The first-order valence-electron chi connectivity index (χ1n) is 9.56. The van der Waals surface area contributed by atoms with Crippen molar-refractivity contribution >= 4 is 16.9 Å². The van der Waals surface area contributed by atoms with Crippen LogP contribution in [0.5, 0.6) is 0 Å². The van der Waals surface area contributed by atoms with Crippen LogP contribution >= 0.6 is 0 Å². The summed E-state index contributed by atoms with van der Waals surface area (Å²) in [7, 11) is 0. The molecule has 2 aromatic carbocycles. The summed E-state index contributed by atoms with van der Waals surface area (Å²) in [5.41, 5.74) is 3.30. The van der Waals surface area contributed by atoms with Gasteiger partial charge in [0.1, 0.15) is 5.82 Å². The molecule has 152 valence electrons. The van der Waals surface area contributed by atoms with Gasteiger partial charge in [-0.1, -0.05) is 19.1 Å². The van der Waals surface area contributed by atoms with E-state index < -0.39 is 12.1 Å². The van der Waals surface area contributed by atoms with Gasteiger partial charge in [0.05, 0.1) is 17.2 Å². The van der Waals surface area contributed by atoms with Crippen LogP contribution in [0.25, 0.3) is 28.0 Å². The van der Waals surface area contributed by atoms with Crippen molar-refractivity contribution in [1.82, 2.24) is 14.5 Å². The van der Waals surface area contributed by atoms with Crippen LogP contribution in [0.1, 0.15) is 41.4 Å². The number of fused-ring (bicyclic) bond motifs is 1. The van der Waals surface area contributed by atoms with Gasteiger partial charge in [-0.15, -0.1) is 0 Å². The third-order valence-electron chi connectivity index (χ3n) is 5.14. The zero-order valence-corrected chi connectivity index (χ0v) is 16.5. The molecule has 0 fully saturated rings. The van der Waals surface area contributed by atoms with Gasteiger partial charge in [0.15, 0.2) is 0 Å². The average Bonchev–Trinajstić information content (AvgIpc) is 3.13. The number of hydrogen-bond donors (Lipinski definition) is 2. The number of halogens is 1. The molecule has 1 unspecified atom stereocenters. The number of carboxylic acid groups (broad SMARTS) is 1. The minimum Gasteiger partial charge on any atom is -0.478 e. The third kappa shape index (κ3) is 3.44. The Hall–Kier alpha value is -3.58. The number of aromatic carboxylic acids is 1. The highest BCUT2D eigenvalue weighted by atomic mass is 19.1. The molecule has 2 aromatic heterocycles. The highest BCUT2D eigenvalue weighted by Crippen LogP contribution is 2.30. The van der Waals surface area contributed by atoms with Gasteiger partial charge in [0.2, 0.25) is 5.95 Å². The molecule has 0 aliphatic rings. The first-order valence-corrected chi connectivity index (χ1v) is 9.56. The smallest absolute Gasteiger partial charge is 0.335 e. The van der Waals surface area contributed by atoms with Crippen molar-refractivity contribution in [3.05, 3.63) is 77.5 Å². The van der Waals surface area contributed by atoms with E-state index in [1.54, 1.807) is 35.9 Å². The fourth-order valence-corrected chi connectivity index (χ4v) is 3.48. The number of aliphatic hydroxyl groups excluding tert-OH is 1. The standard InChI is InChI=1S/C23H20FN3O3/c1-3-14-4-7-20(24)18(8-14)16-10-25-23(26-11-16)27-12-19(13(2)28)17-6-5-15(22(29)30)9-21(17)27/h4-13,28H,3H2,1-2H3,(H,29,30). The lowest BCUT2D eigenvalue weighted by molar-refractivity contribution is 0.0697. The van der Waals surface area contributed by atoms with Gasteiger partial charge in [-0.05, 0) is 43.2 Å². The van der Waals surface area contributed by atoms with Gasteiger partial charge < -0.3 is 10.2 Å². The van der Waals surface area contributed by atoms with E-state index in [0.717, 1.165) is 12.0 Å². The van der Waals surface area contributed by atoms with E-state index >= 15 is 0 Å². The average molecular weight is 405 g/mol. The molecule has 6 nitrogen and oxygen atoms in total. The molecule has 2 heterocycles. The topological polar surface area (TPSA) is 88.2 Å². The van der Waals surface area contributed by atoms with Crippen molar-refractivity contribution < 1.29 is 19.4 Å². The molecule has 0 bridgehead atoms. The zero-order chi connectivity index (χ0) is 21.4. The highest BCUT2D eigenvalue weighted by Gasteiger charge is 2.17. The summed E-state index contributed by atoms with van der Waals surface area (Å²) < 4.78 is 15.9. The van der Waals surface area contributed by atoms with Crippen LogP contribution < -0.4 is 0 Å². The number of benzene rings is 2. The lowest BCUT2D eigenvalue weighted by Gasteiger charge is -2.08. The van der Waals surface area contributed by atoms with Crippen molar-refractivity contribution in [2.45, 2.75) is 26.4 Å². The highest BCUT2D eigenvalue weighted by molar-refractivity contribution is 5.95. The lowest BCUT2D eigenvalue weighted by atomic mass is 10.0. The maximum Gasteiger partial charge on any atom is 0.335 e. The van der Waals surface area contributed by atoms with Crippen molar-refractivity contribution in [3.8, 4) is 17.1 Å². The number of rotatable bonds is 5. The molecule has 0 amide bonds. The predicted molar refractivity (Wildman–Crippen MR) is 111 cm³/mol. The molecule has 0 saturated carbocycles. The second kappa shape index (κ2) is 7.68. The van der Waals surface area contributed by atoms with Gasteiger partial charge >= 0.3 is 5.97 Å². The molecule has 30 heavy (non-hydrogen) atoms. The van der Waals surface area contributed by atoms with Gasteiger partial charge in [0.25, 0.3) is 0 Å². The Morgan fingerprint density at radius 2 is 1.90 bits per heavy atom. The number of aryl methyl sites for hydroxylation is 1. The van der Waals surface area contributed by atoms with Crippen LogP contribution in [0.2, 0.25) is 0 Å². The first-order chi connectivity index (χ1) is 14.4. The number of aromatic nitrogens is 3. The molecule has 2 N–H and O–H groups in total. The minimum atomic E-state index is -1.05. The van der Waals surface area contributed by atoms with Crippen LogP contribution in [0.15, 0.2) is 55.0 Å². The van der Waals surface area contributed by atoms with Gasteiger partial charge in [-0.3, -0.25) is 4.57 Å². The van der Waals surface area contributed by atoms with Crippen molar-refractivity contribution in [2.24, 2.45) is 0 Å². The van der Waals surface area contributed by atoms with E-state index in [0.29, 0.717) is 33.5 Å². The normalized spacial score (nSPS) is 12.3. The fraction of sp³-hybridized carbons (Fsp3) is 0.174. The molecular weight excluding hydrogens is 385 g/mol. The monoisotopic (exact) mass is 405 g/mol. The maximum atomic E-state index is 14.3. The molecule has 4 rings (SSSR count). The van der Waals surface area contributed by atoms with Crippen molar-refractivity contribution in [3.63, 3.8) is 0 Å². The van der Waals surface area contributed by atoms with Gasteiger partial charge in [-0.2, -0.15) is 0 Å². The largest absolute Gasteiger partial charge is 0.478 e. The summed E-state index contributed by atoms with van der Waals surface area (Å²) in [6.45, 7) is 3.64. The Bertz CT molecular complexity index is 1250. The number of hydrogen-bond acceptors (Lipinski definition) is 4. The Morgan fingerprint density at radius 3 is 2.53 bits per heavy atom. The Labute approximate surface area is 172 Å². The van der Waals surface area contributed by atoms with Crippen molar-refractivity contribution in [1.29, 1.82) is 0 Å². The summed E-state index contributed by atoms with van der Waals surface area (Å²) in [6.07, 6.45) is 4.79. The predicted octanol–water partition coefficient (Wildman–Crippen LogP) is 4.54. The summed E-state index contributed by atoms with van der Waals surface area (Å²) in [5, 5.41) is 20.2. The van der Waals surface area contributed by atoms with Crippen molar-refractivity contribution in [2.75, 3.05) is 0 Å². The zero-order valence-electron chi connectivity index (χ0n) is 16.5. The number of carboxylic acids is 1. The van der Waals surface area contributed by atoms with Crippen LogP contribution in [0.4, 0.5) is 4.39 Å². The quantitative estimate of drug-likeness (QED) is 0.509. The van der Waals surface area contributed by atoms with Crippen LogP contribution in [-0.4, -0.2) is 30.7 Å². The number of aliphatic hydroxyl groups is 1. The fourth-order valence-electron chi connectivity index (χ4n) is 3.48. The summed E-state index contributed by atoms with van der Waals surface area (Å²) in [6, 6.07) is 9.64. The molecule has 4 aromatic rings. The molecule has 7 heteroatoms. The molecule has 0 spiro atoms. The first kappa shape index (κ1) is 19.7. The molecular formula is C23H20FN3O3. The molecule has 0 aliphatic heterocycles. The van der Waals surface area contributed by atoms with E-state index in [1.807, 2.05) is 6.92 Å². The lowest BCUT2D eigenvalue weighted by Crippen LogP contribution is -2.01. The number of carbonyl (C=O) groups is 1. The van der Waals surface area contributed by atoms with E-state index in [2.05, 4.69) is 9.97 Å². The summed E-state index contributed by atoms with van der Waals surface area (Å²) in [4.78, 5) is 20.1. The van der Waals surface area contributed by atoms with E-state index in [4.69, 9.17) is 0 Å². The maximum absolute atomic E-state index is 14.3. The van der Waals surface area contributed by atoms with Crippen LogP contribution in [-0.2, 0) is 6.42 Å². The van der Waals surface area contributed by atoms with Crippen LogP contribution in [0.3, 0.4) is 0 Å². The van der Waals surface area contributed by atoms with E-state index in [1.165, 1.54) is 30.6 Å². The molecule has 1 atom stereocenters. The number of nitrogens with zero attached hydrogens (tertiary/aromatic N) is 3. The molecule has 0 radical (unpaired) electrons. The van der Waals surface area contributed by atoms with E-state index in [9.17, 15) is 19.4 Å². The molecule has 0 aliphatic carbocycles. The van der Waals surface area contributed by atoms with Gasteiger partial charge in [-0.25, -0.2) is 19.2 Å². The molecule has 0 saturated heterocycles. The second-order valence-electron chi connectivity index (χ2n) is 7.11. The SMILES string of the molecule is CCc1ccc(F)c(-c2cnc(-n3cc(C(C)O)c4ccc(C(=O)O)cc43)nc2)c1. The second-order valence-corrected chi connectivity index (χ2v) is 7.11. The van der Waals surface area contributed by atoms with Crippen LogP contribution in [0, 0.1) is 5.82 Å². The third-order valence-corrected chi connectivity index (χ3v) is 5.14. The Morgan fingerprint density at radius 1 is 1.17 bits per heavy atom. The summed E-state index contributed by atoms with van der Waals surface area (Å²) >= 11 is 0. The summed E-state index contributed by atoms with van der Waals surface area (Å²) in [5.74, 6) is -1.10. The minimum absolute atomic E-state index is 0.120. The Kier molecular flexibility index (Phi) is 5.05. The van der Waals surface area contributed by atoms with Gasteiger partial charge in [0, 0.05) is 40.7 Å². The Balaban J connectivity index is 1.83.